The molecular weight excluding hydrogens is 304 g/mol. The average Bonchev–Trinajstić information content (AvgIpc) is 2.99. The van der Waals surface area contributed by atoms with Gasteiger partial charge in [0.2, 0.25) is 5.91 Å². The summed E-state index contributed by atoms with van der Waals surface area (Å²) >= 11 is 0. The number of carboxylic acids is 1. The highest BCUT2D eigenvalue weighted by atomic mass is 16.4. The molecule has 0 spiro atoms. The normalized spacial score (nSPS) is 14.0. The van der Waals surface area contributed by atoms with Crippen LogP contribution in [0.2, 0.25) is 0 Å². The molecule has 0 aromatic heterocycles. The van der Waals surface area contributed by atoms with Gasteiger partial charge in [-0.3, -0.25) is 4.79 Å². The van der Waals surface area contributed by atoms with Gasteiger partial charge in [0.15, 0.2) is 0 Å². The number of nitrogens with zero attached hydrogens (tertiary/aromatic N) is 1. The summed E-state index contributed by atoms with van der Waals surface area (Å²) in [6, 6.07) is 14.9. The second kappa shape index (κ2) is 7.17. The van der Waals surface area contributed by atoms with Crippen LogP contribution < -0.4 is 5.32 Å². The van der Waals surface area contributed by atoms with Crippen molar-refractivity contribution >= 4 is 17.6 Å². The topological polar surface area (TPSA) is 69.6 Å². The fourth-order valence-electron chi connectivity index (χ4n) is 2.79. The number of carboxylic acid groups (broad SMARTS) is 1. The monoisotopic (exact) mass is 324 g/mol. The molecule has 124 valence electrons. The minimum Gasteiger partial charge on any atom is -0.478 e. The SMILES string of the molecule is O=C(O)c1ccc(CNc2ccc(CN3CCCC3=O)cc2)cc1. The number of rotatable bonds is 6. The summed E-state index contributed by atoms with van der Waals surface area (Å²) in [6.07, 6.45) is 1.62. The van der Waals surface area contributed by atoms with Crippen LogP contribution in [0.15, 0.2) is 48.5 Å². The first kappa shape index (κ1) is 16.1. The Morgan fingerprint density at radius 2 is 1.71 bits per heavy atom. The van der Waals surface area contributed by atoms with Crippen molar-refractivity contribution in [3.63, 3.8) is 0 Å². The molecule has 1 amide bonds. The maximum absolute atomic E-state index is 11.6. The van der Waals surface area contributed by atoms with Gasteiger partial charge in [-0.05, 0) is 41.8 Å². The third kappa shape index (κ3) is 3.93. The van der Waals surface area contributed by atoms with Gasteiger partial charge < -0.3 is 15.3 Å². The lowest BCUT2D eigenvalue weighted by molar-refractivity contribution is -0.128. The Labute approximate surface area is 140 Å². The molecule has 0 bridgehead atoms. The molecular formula is C19H20N2O3. The van der Waals surface area contributed by atoms with E-state index in [0.29, 0.717) is 25.1 Å². The molecule has 3 rings (SSSR count). The summed E-state index contributed by atoms with van der Waals surface area (Å²) in [4.78, 5) is 24.4. The van der Waals surface area contributed by atoms with Gasteiger partial charge in [0.1, 0.15) is 0 Å². The van der Waals surface area contributed by atoms with Crippen LogP contribution >= 0.6 is 0 Å². The molecule has 1 heterocycles. The lowest BCUT2D eigenvalue weighted by Gasteiger charge is -2.15. The van der Waals surface area contributed by atoms with E-state index in [1.54, 1.807) is 12.1 Å². The Morgan fingerprint density at radius 1 is 1.04 bits per heavy atom. The van der Waals surface area contributed by atoms with Crippen LogP contribution in [-0.4, -0.2) is 28.4 Å². The fourth-order valence-corrected chi connectivity index (χ4v) is 2.79. The van der Waals surface area contributed by atoms with Crippen LogP contribution in [0.3, 0.4) is 0 Å². The summed E-state index contributed by atoms with van der Waals surface area (Å²) in [5.74, 6) is -0.677. The predicted molar refractivity (Wildman–Crippen MR) is 91.8 cm³/mol. The number of carbonyl (C=O) groups excluding carboxylic acids is 1. The minimum absolute atomic E-state index is 0.238. The maximum atomic E-state index is 11.6. The van der Waals surface area contributed by atoms with Gasteiger partial charge in [0, 0.05) is 31.7 Å². The summed E-state index contributed by atoms with van der Waals surface area (Å²) in [5.41, 5.74) is 3.43. The molecule has 1 fully saturated rings. The van der Waals surface area contributed by atoms with Crippen LogP contribution in [-0.2, 0) is 17.9 Å². The number of anilines is 1. The van der Waals surface area contributed by atoms with Crippen molar-refractivity contribution in [2.45, 2.75) is 25.9 Å². The maximum Gasteiger partial charge on any atom is 0.335 e. The van der Waals surface area contributed by atoms with E-state index in [1.807, 2.05) is 41.3 Å². The molecule has 0 radical (unpaired) electrons. The fraction of sp³-hybridized carbons (Fsp3) is 0.263. The zero-order chi connectivity index (χ0) is 16.9. The summed E-state index contributed by atoms with van der Waals surface area (Å²) < 4.78 is 0. The van der Waals surface area contributed by atoms with Gasteiger partial charge in [0.05, 0.1) is 5.56 Å². The molecule has 24 heavy (non-hydrogen) atoms. The van der Waals surface area contributed by atoms with Crippen LogP contribution in [0.25, 0.3) is 0 Å². The first-order valence-electron chi connectivity index (χ1n) is 8.04. The zero-order valence-electron chi connectivity index (χ0n) is 13.4. The van der Waals surface area contributed by atoms with E-state index in [0.717, 1.165) is 29.8 Å². The van der Waals surface area contributed by atoms with Gasteiger partial charge >= 0.3 is 5.97 Å². The first-order chi connectivity index (χ1) is 11.6. The minimum atomic E-state index is -0.915. The van der Waals surface area contributed by atoms with E-state index in [-0.39, 0.29) is 5.91 Å². The molecule has 1 aliphatic rings. The van der Waals surface area contributed by atoms with E-state index in [4.69, 9.17) is 5.11 Å². The Morgan fingerprint density at radius 3 is 2.29 bits per heavy atom. The van der Waals surface area contributed by atoms with Crippen molar-refractivity contribution in [2.24, 2.45) is 0 Å². The Kier molecular flexibility index (Phi) is 4.79. The third-order valence-electron chi connectivity index (χ3n) is 4.20. The molecule has 2 N–H and O–H groups in total. The van der Waals surface area contributed by atoms with Crippen molar-refractivity contribution in [1.82, 2.24) is 4.90 Å². The highest BCUT2D eigenvalue weighted by Gasteiger charge is 2.19. The van der Waals surface area contributed by atoms with Crippen LogP contribution in [0, 0.1) is 0 Å². The number of hydrogen-bond acceptors (Lipinski definition) is 3. The summed E-state index contributed by atoms with van der Waals surface area (Å²) in [7, 11) is 0. The van der Waals surface area contributed by atoms with E-state index in [9.17, 15) is 9.59 Å². The largest absolute Gasteiger partial charge is 0.478 e. The van der Waals surface area contributed by atoms with E-state index in [2.05, 4.69) is 5.32 Å². The van der Waals surface area contributed by atoms with Crippen LogP contribution in [0.5, 0.6) is 0 Å². The Hall–Kier alpha value is -2.82. The van der Waals surface area contributed by atoms with E-state index < -0.39 is 5.97 Å². The molecule has 2 aromatic rings. The number of likely N-dealkylation sites (tertiary alicyclic amines) is 1. The van der Waals surface area contributed by atoms with Crippen molar-refractivity contribution in [3.8, 4) is 0 Å². The molecule has 0 aliphatic carbocycles. The molecule has 1 aliphatic heterocycles. The lowest BCUT2D eigenvalue weighted by atomic mass is 10.1. The summed E-state index contributed by atoms with van der Waals surface area (Å²) in [6.45, 7) is 2.16. The van der Waals surface area contributed by atoms with E-state index in [1.165, 1.54) is 0 Å². The average molecular weight is 324 g/mol. The first-order valence-corrected chi connectivity index (χ1v) is 8.04. The van der Waals surface area contributed by atoms with Crippen LogP contribution in [0.1, 0.15) is 34.3 Å². The number of hydrogen-bond donors (Lipinski definition) is 2. The molecule has 5 nitrogen and oxygen atoms in total. The van der Waals surface area contributed by atoms with Crippen molar-refractivity contribution < 1.29 is 14.7 Å². The number of amides is 1. The van der Waals surface area contributed by atoms with Gasteiger partial charge in [-0.25, -0.2) is 4.79 Å². The van der Waals surface area contributed by atoms with Gasteiger partial charge in [-0.2, -0.15) is 0 Å². The van der Waals surface area contributed by atoms with Crippen molar-refractivity contribution in [3.05, 3.63) is 65.2 Å². The highest BCUT2D eigenvalue weighted by Crippen LogP contribution is 2.17. The second-order valence-electron chi connectivity index (χ2n) is 5.97. The predicted octanol–water partition coefficient (Wildman–Crippen LogP) is 3.12. The number of benzene rings is 2. The van der Waals surface area contributed by atoms with Gasteiger partial charge in [0.25, 0.3) is 0 Å². The standard InChI is InChI=1S/C19H20N2O3/c22-18-2-1-11-21(18)13-15-5-9-17(10-6-15)20-12-14-3-7-16(8-4-14)19(23)24/h3-10,20H,1-2,11-13H2,(H,23,24). The van der Waals surface area contributed by atoms with Gasteiger partial charge in [-0.15, -0.1) is 0 Å². The van der Waals surface area contributed by atoms with Crippen LogP contribution in [0.4, 0.5) is 5.69 Å². The molecule has 5 heteroatoms. The van der Waals surface area contributed by atoms with Crippen molar-refractivity contribution in [1.29, 1.82) is 0 Å². The number of aromatic carboxylic acids is 1. The highest BCUT2D eigenvalue weighted by molar-refractivity contribution is 5.87. The second-order valence-corrected chi connectivity index (χ2v) is 5.97. The number of carbonyl (C=O) groups is 2. The molecule has 1 saturated heterocycles. The Balaban J connectivity index is 1.54. The quantitative estimate of drug-likeness (QED) is 0.856. The molecule has 2 aromatic carbocycles. The lowest BCUT2D eigenvalue weighted by Crippen LogP contribution is -2.23. The van der Waals surface area contributed by atoms with Gasteiger partial charge in [-0.1, -0.05) is 24.3 Å². The Bertz CT molecular complexity index is 723. The smallest absolute Gasteiger partial charge is 0.335 e. The summed E-state index contributed by atoms with van der Waals surface area (Å²) in [5, 5.41) is 12.2. The third-order valence-corrected chi connectivity index (χ3v) is 4.20. The zero-order valence-corrected chi connectivity index (χ0v) is 13.4. The molecule has 0 saturated carbocycles. The number of nitrogens with one attached hydrogen (secondary N) is 1. The van der Waals surface area contributed by atoms with E-state index >= 15 is 0 Å². The molecule has 0 unspecified atom stereocenters. The van der Waals surface area contributed by atoms with Crippen molar-refractivity contribution in [2.75, 3.05) is 11.9 Å². The molecule has 0 atom stereocenters.